The summed E-state index contributed by atoms with van der Waals surface area (Å²) in [5, 5.41) is 11.2. The summed E-state index contributed by atoms with van der Waals surface area (Å²) in [4.78, 5) is 0.175. The maximum atomic E-state index is 12.3. The molecule has 1 heterocycles. The van der Waals surface area contributed by atoms with E-state index < -0.39 is 10.0 Å². The molecule has 25 heavy (non-hydrogen) atoms. The van der Waals surface area contributed by atoms with Crippen LogP contribution < -0.4 is 10.0 Å². The first-order valence-electron chi connectivity index (χ1n) is 7.70. The highest BCUT2D eigenvalue weighted by molar-refractivity contribution is 7.92. The lowest BCUT2D eigenvalue weighted by Gasteiger charge is -2.10. The van der Waals surface area contributed by atoms with E-state index in [1.807, 2.05) is 32.0 Å². The summed E-state index contributed by atoms with van der Waals surface area (Å²) >= 11 is 0. The molecule has 1 aromatic heterocycles. The van der Waals surface area contributed by atoms with E-state index in [-0.39, 0.29) is 10.7 Å². The minimum absolute atomic E-state index is 0.162. The Labute approximate surface area is 147 Å². The number of nitrogens with zero attached hydrogens (tertiary/aromatic N) is 2. The van der Waals surface area contributed by atoms with Crippen molar-refractivity contribution in [1.82, 2.24) is 10.2 Å². The molecule has 128 valence electrons. The molecular formula is C18H18N4O2S. The Kier molecular flexibility index (Phi) is 4.67. The lowest BCUT2D eigenvalue weighted by Crippen LogP contribution is -2.14. The minimum Gasteiger partial charge on any atom is -0.339 e. The molecule has 3 rings (SSSR count). The van der Waals surface area contributed by atoms with Gasteiger partial charge in [-0.15, -0.1) is 10.2 Å². The summed E-state index contributed by atoms with van der Waals surface area (Å²) in [6, 6.07) is 17.4. The Bertz CT molecular complexity index is 972. The highest BCUT2D eigenvalue weighted by Crippen LogP contribution is 2.21. The average molecular weight is 354 g/mol. The van der Waals surface area contributed by atoms with Crippen LogP contribution in [-0.2, 0) is 10.0 Å². The third-order valence-corrected chi connectivity index (χ3v) is 4.98. The van der Waals surface area contributed by atoms with Crippen LogP contribution in [-0.4, -0.2) is 18.6 Å². The lowest BCUT2D eigenvalue weighted by molar-refractivity contribution is 0.601. The third-order valence-electron chi connectivity index (χ3n) is 3.61. The van der Waals surface area contributed by atoms with E-state index in [1.54, 1.807) is 30.3 Å². The van der Waals surface area contributed by atoms with Crippen molar-refractivity contribution in [2.24, 2.45) is 0 Å². The van der Waals surface area contributed by atoms with Crippen LogP contribution >= 0.6 is 0 Å². The second-order valence-electron chi connectivity index (χ2n) is 5.67. The Morgan fingerprint density at radius 3 is 2.20 bits per heavy atom. The van der Waals surface area contributed by atoms with E-state index in [0.29, 0.717) is 5.82 Å². The van der Waals surface area contributed by atoms with Gasteiger partial charge in [0.2, 0.25) is 0 Å². The van der Waals surface area contributed by atoms with Gasteiger partial charge in [-0.25, -0.2) is 8.42 Å². The average Bonchev–Trinajstić information content (AvgIpc) is 2.60. The van der Waals surface area contributed by atoms with Crippen molar-refractivity contribution >= 4 is 27.3 Å². The molecule has 0 amide bonds. The summed E-state index contributed by atoms with van der Waals surface area (Å²) in [6.45, 7) is 4.01. The molecule has 0 saturated heterocycles. The smallest absolute Gasteiger partial charge is 0.263 e. The van der Waals surface area contributed by atoms with E-state index >= 15 is 0 Å². The molecule has 3 aromatic rings. The van der Waals surface area contributed by atoms with Crippen LogP contribution in [0.4, 0.5) is 17.3 Å². The Balaban J connectivity index is 1.75. The molecule has 0 unspecified atom stereocenters. The molecule has 0 aliphatic carbocycles. The van der Waals surface area contributed by atoms with Gasteiger partial charge >= 0.3 is 0 Å². The van der Waals surface area contributed by atoms with Gasteiger partial charge in [-0.3, -0.25) is 4.72 Å². The number of aromatic nitrogens is 2. The van der Waals surface area contributed by atoms with Gasteiger partial charge < -0.3 is 5.32 Å². The molecule has 0 aliphatic rings. The maximum absolute atomic E-state index is 12.3. The van der Waals surface area contributed by atoms with Crippen LogP contribution in [0.15, 0.2) is 65.6 Å². The zero-order valence-corrected chi connectivity index (χ0v) is 14.7. The van der Waals surface area contributed by atoms with Gasteiger partial charge in [0.1, 0.15) is 0 Å². The minimum atomic E-state index is -3.67. The lowest BCUT2D eigenvalue weighted by atomic mass is 10.1. The molecule has 0 saturated carbocycles. The monoisotopic (exact) mass is 354 g/mol. The Morgan fingerprint density at radius 1 is 0.840 bits per heavy atom. The zero-order chi connectivity index (χ0) is 17.9. The number of hydrogen-bond acceptors (Lipinski definition) is 5. The van der Waals surface area contributed by atoms with E-state index in [0.717, 1.165) is 16.8 Å². The summed E-state index contributed by atoms with van der Waals surface area (Å²) in [7, 11) is -3.67. The number of aryl methyl sites for hydroxylation is 2. The predicted molar refractivity (Wildman–Crippen MR) is 98.5 cm³/mol. The summed E-state index contributed by atoms with van der Waals surface area (Å²) < 4.78 is 26.9. The number of hydrogen-bond donors (Lipinski definition) is 2. The van der Waals surface area contributed by atoms with Gasteiger partial charge in [0, 0.05) is 5.69 Å². The maximum Gasteiger partial charge on any atom is 0.263 e. The van der Waals surface area contributed by atoms with Crippen molar-refractivity contribution in [3.63, 3.8) is 0 Å². The second kappa shape index (κ2) is 6.90. The fourth-order valence-corrected chi connectivity index (χ4v) is 3.28. The molecular weight excluding hydrogens is 336 g/mol. The van der Waals surface area contributed by atoms with Crippen molar-refractivity contribution < 1.29 is 8.42 Å². The van der Waals surface area contributed by atoms with E-state index in [4.69, 9.17) is 0 Å². The van der Waals surface area contributed by atoms with Crippen molar-refractivity contribution in [2.45, 2.75) is 18.7 Å². The fraction of sp³-hybridized carbons (Fsp3) is 0.111. The van der Waals surface area contributed by atoms with Crippen molar-refractivity contribution in [1.29, 1.82) is 0 Å². The van der Waals surface area contributed by atoms with Crippen LogP contribution in [0.1, 0.15) is 11.1 Å². The Morgan fingerprint density at radius 2 is 1.52 bits per heavy atom. The second-order valence-corrected chi connectivity index (χ2v) is 7.35. The first kappa shape index (κ1) is 16.9. The SMILES string of the molecule is Cc1ccc(C)c(Nc2ccc(NS(=O)(=O)c3ccccc3)nn2)c1. The van der Waals surface area contributed by atoms with Gasteiger partial charge in [-0.2, -0.15) is 0 Å². The molecule has 0 atom stereocenters. The molecule has 0 fully saturated rings. The normalized spacial score (nSPS) is 11.1. The van der Waals surface area contributed by atoms with Crippen LogP contribution in [0.25, 0.3) is 0 Å². The van der Waals surface area contributed by atoms with E-state index in [1.165, 1.54) is 12.1 Å². The number of nitrogens with one attached hydrogen (secondary N) is 2. The van der Waals surface area contributed by atoms with Crippen molar-refractivity contribution in [3.8, 4) is 0 Å². The van der Waals surface area contributed by atoms with Crippen LogP contribution in [0, 0.1) is 13.8 Å². The quantitative estimate of drug-likeness (QED) is 0.731. The molecule has 6 nitrogen and oxygen atoms in total. The van der Waals surface area contributed by atoms with Gasteiger partial charge in [-0.1, -0.05) is 30.3 Å². The molecule has 7 heteroatoms. The standard InChI is InChI=1S/C18H18N4O2S/c1-13-8-9-14(2)16(12-13)19-17-10-11-18(21-20-17)22-25(23,24)15-6-4-3-5-7-15/h3-12H,1-2H3,(H,19,20)(H,21,22). The molecule has 2 aromatic carbocycles. The molecule has 2 N–H and O–H groups in total. The van der Waals surface area contributed by atoms with Gasteiger partial charge in [-0.05, 0) is 55.3 Å². The van der Waals surface area contributed by atoms with Crippen molar-refractivity contribution in [3.05, 3.63) is 71.8 Å². The van der Waals surface area contributed by atoms with Gasteiger partial charge in [0.25, 0.3) is 10.0 Å². The highest BCUT2D eigenvalue weighted by Gasteiger charge is 2.14. The van der Waals surface area contributed by atoms with Crippen molar-refractivity contribution in [2.75, 3.05) is 10.0 Å². The Hall–Kier alpha value is -2.93. The largest absolute Gasteiger partial charge is 0.339 e. The summed E-state index contributed by atoms with van der Waals surface area (Å²) in [6.07, 6.45) is 0. The van der Waals surface area contributed by atoms with E-state index in [9.17, 15) is 8.42 Å². The predicted octanol–water partition coefficient (Wildman–Crippen LogP) is 3.64. The van der Waals surface area contributed by atoms with E-state index in [2.05, 4.69) is 20.2 Å². The highest BCUT2D eigenvalue weighted by atomic mass is 32.2. The molecule has 0 spiro atoms. The fourth-order valence-electron chi connectivity index (χ4n) is 2.26. The first-order chi connectivity index (χ1) is 11.9. The number of anilines is 3. The molecule has 0 aliphatic heterocycles. The zero-order valence-electron chi connectivity index (χ0n) is 13.9. The number of sulfonamides is 1. The number of rotatable bonds is 5. The van der Waals surface area contributed by atoms with Crippen LogP contribution in [0.2, 0.25) is 0 Å². The third kappa shape index (κ3) is 4.13. The summed E-state index contributed by atoms with van der Waals surface area (Å²) in [5.74, 6) is 0.701. The van der Waals surface area contributed by atoms with Gasteiger partial charge in [0.05, 0.1) is 4.90 Å². The van der Waals surface area contributed by atoms with Crippen LogP contribution in [0.5, 0.6) is 0 Å². The van der Waals surface area contributed by atoms with Crippen LogP contribution in [0.3, 0.4) is 0 Å². The molecule has 0 radical (unpaired) electrons. The topological polar surface area (TPSA) is 84.0 Å². The number of benzene rings is 2. The summed E-state index contributed by atoms with van der Waals surface area (Å²) in [5.41, 5.74) is 3.15. The first-order valence-corrected chi connectivity index (χ1v) is 9.18. The molecule has 0 bridgehead atoms. The van der Waals surface area contributed by atoms with Gasteiger partial charge in [0.15, 0.2) is 11.6 Å².